The molecule has 0 spiro atoms. The summed E-state index contributed by atoms with van der Waals surface area (Å²) in [7, 11) is -0.147. The maximum atomic E-state index is 5.58. The summed E-state index contributed by atoms with van der Waals surface area (Å²) in [5.74, 6) is 0.958. The van der Waals surface area contributed by atoms with Crippen LogP contribution in [-0.2, 0) is 12.3 Å². The third-order valence-electron chi connectivity index (χ3n) is 10.2. The summed E-state index contributed by atoms with van der Waals surface area (Å²) >= 11 is 0. The van der Waals surface area contributed by atoms with E-state index in [1.807, 2.05) is 0 Å². The minimum absolute atomic E-state index is 0.441. The Balaban J connectivity index is 1.32. The van der Waals surface area contributed by atoms with Crippen LogP contribution in [0.15, 0.2) is 121 Å². The lowest BCUT2D eigenvalue weighted by Crippen LogP contribution is -2.51. The van der Waals surface area contributed by atoms with Crippen molar-refractivity contribution < 1.29 is 4.74 Å². The van der Waals surface area contributed by atoms with E-state index in [4.69, 9.17) is 4.74 Å². The Hall–Kier alpha value is -3.71. The SMILES string of the molecule is COc1ccc([Si@@H](c2ccccc2P2Cc3ccc4ccccc4c3-c3c(ccc4ccccc34)C2)C2CCCCC2)cc1. The molecule has 218 valence electrons. The van der Waals surface area contributed by atoms with Crippen LogP contribution in [0.1, 0.15) is 43.2 Å². The highest BCUT2D eigenvalue weighted by atomic mass is 31.1. The van der Waals surface area contributed by atoms with Gasteiger partial charge in [0.05, 0.1) is 7.11 Å². The molecule has 1 atom stereocenters. The van der Waals surface area contributed by atoms with Gasteiger partial charge < -0.3 is 4.74 Å². The third-order valence-corrected chi connectivity index (χ3v) is 16.9. The van der Waals surface area contributed by atoms with E-state index in [9.17, 15) is 0 Å². The molecule has 0 radical (unpaired) electrons. The lowest BCUT2D eigenvalue weighted by atomic mass is 9.88. The standard InChI is InChI=1S/C41H39OPSi/c1-42-33-23-25-35(26-24-33)44(34-13-3-2-4-14-34)39-18-10-9-17-38(39)43-27-31-21-19-29-11-5-7-15-36(29)40(31)41-32(28-43)22-20-30-12-6-8-16-37(30)41/h5-12,15-26,34,44H,2-4,13-14,27-28H2,1H3/t44-/m0/s1. The molecule has 0 N–H and O–H groups in total. The Labute approximate surface area is 264 Å². The Morgan fingerprint density at radius 1 is 0.591 bits per heavy atom. The van der Waals surface area contributed by atoms with Crippen molar-refractivity contribution in [2.45, 2.75) is 50.0 Å². The van der Waals surface area contributed by atoms with Crippen LogP contribution in [0.25, 0.3) is 32.7 Å². The quantitative estimate of drug-likeness (QED) is 0.140. The van der Waals surface area contributed by atoms with Gasteiger partial charge in [-0.25, -0.2) is 0 Å². The summed E-state index contributed by atoms with van der Waals surface area (Å²) in [5, 5.41) is 10.4. The van der Waals surface area contributed by atoms with Gasteiger partial charge in [-0.05, 0) is 79.1 Å². The maximum Gasteiger partial charge on any atom is 0.118 e. The van der Waals surface area contributed by atoms with E-state index in [1.54, 1.807) is 22.8 Å². The van der Waals surface area contributed by atoms with Gasteiger partial charge in [0.1, 0.15) is 14.5 Å². The second-order valence-corrected chi connectivity index (χ2v) is 18.1. The zero-order valence-corrected chi connectivity index (χ0v) is 27.6. The first-order chi connectivity index (χ1) is 21.8. The van der Waals surface area contributed by atoms with Crippen molar-refractivity contribution >= 4 is 53.9 Å². The molecule has 0 saturated heterocycles. The van der Waals surface area contributed by atoms with Gasteiger partial charge in [0.25, 0.3) is 0 Å². The lowest BCUT2D eigenvalue weighted by molar-refractivity contribution is 0.415. The summed E-state index contributed by atoms with van der Waals surface area (Å²) in [6, 6.07) is 46.5. The van der Waals surface area contributed by atoms with Crippen LogP contribution in [0.2, 0.25) is 5.54 Å². The number of hydrogen-bond acceptors (Lipinski definition) is 1. The Morgan fingerprint density at radius 2 is 1.16 bits per heavy atom. The fourth-order valence-corrected chi connectivity index (χ4v) is 15.5. The summed E-state index contributed by atoms with van der Waals surface area (Å²) in [5.41, 5.74) is 6.77. The highest BCUT2D eigenvalue weighted by Gasteiger charge is 2.33. The highest BCUT2D eigenvalue weighted by Crippen LogP contribution is 2.52. The number of methoxy groups -OCH3 is 1. The molecule has 6 aromatic carbocycles. The van der Waals surface area contributed by atoms with Gasteiger partial charge in [-0.1, -0.05) is 160 Å². The molecule has 1 fully saturated rings. The van der Waals surface area contributed by atoms with Crippen molar-refractivity contribution in [2.75, 3.05) is 7.11 Å². The Kier molecular flexibility index (Phi) is 7.58. The number of ether oxygens (including phenoxy) is 1. The molecule has 1 aliphatic carbocycles. The first-order valence-electron chi connectivity index (χ1n) is 16.3. The normalized spacial score (nSPS) is 16.3. The van der Waals surface area contributed by atoms with E-state index < -0.39 is 16.7 Å². The first-order valence-corrected chi connectivity index (χ1v) is 19.8. The minimum Gasteiger partial charge on any atom is -0.497 e. The van der Waals surface area contributed by atoms with E-state index >= 15 is 0 Å². The zero-order chi connectivity index (χ0) is 29.5. The van der Waals surface area contributed by atoms with E-state index in [0.717, 1.165) is 23.6 Å². The molecule has 0 amide bonds. The molecule has 0 aromatic heterocycles. The topological polar surface area (TPSA) is 9.23 Å². The maximum absolute atomic E-state index is 5.58. The van der Waals surface area contributed by atoms with Crippen molar-refractivity contribution in [1.82, 2.24) is 0 Å². The van der Waals surface area contributed by atoms with E-state index in [2.05, 4.69) is 121 Å². The van der Waals surface area contributed by atoms with Crippen LogP contribution in [0.3, 0.4) is 0 Å². The molecule has 6 aromatic rings. The number of rotatable bonds is 5. The average molecular weight is 607 g/mol. The summed E-state index contributed by atoms with van der Waals surface area (Å²) in [6.45, 7) is 0. The van der Waals surface area contributed by atoms with Gasteiger partial charge in [0, 0.05) is 0 Å². The van der Waals surface area contributed by atoms with Crippen LogP contribution in [-0.4, -0.2) is 15.9 Å². The second-order valence-electron chi connectivity index (χ2n) is 12.7. The summed E-state index contributed by atoms with van der Waals surface area (Å²) in [6.07, 6.45) is 9.15. The molecule has 0 unspecified atom stereocenters. The van der Waals surface area contributed by atoms with Gasteiger partial charge >= 0.3 is 0 Å². The molecule has 44 heavy (non-hydrogen) atoms. The Bertz CT molecular complexity index is 1870. The van der Waals surface area contributed by atoms with Crippen LogP contribution in [0.5, 0.6) is 5.75 Å². The predicted octanol–water partition coefficient (Wildman–Crippen LogP) is 9.17. The molecular formula is C41H39OPSi. The van der Waals surface area contributed by atoms with Gasteiger partial charge in [0.2, 0.25) is 0 Å². The Morgan fingerprint density at radius 3 is 1.77 bits per heavy atom. The van der Waals surface area contributed by atoms with Crippen LogP contribution in [0, 0.1) is 0 Å². The second kappa shape index (κ2) is 12.0. The van der Waals surface area contributed by atoms with Gasteiger partial charge in [-0.3, -0.25) is 0 Å². The molecule has 8 rings (SSSR count). The van der Waals surface area contributed by atoms with Gasteiger partial charge in [-0.2, -0.15) is 0 Å². The van der Waals surface area contributed by atoms with Gasteiger partial charge in [0.15, 0.2) is 0 Å². The fourth-order valence-electron chi connectivity index (χ4n) is 8.15. The van der Waals surface area contributed by atoms with Crippen molar-refractivity contribution in [3.63, 3.8) is 0 Å². The van der Waals surface area contributed by atoms with Crippen molar-refractivity contribution in [2.24, 2.45) is 0 Å². The van der Waals surface area contributed by atoms with Gasteiger partial charge in [-0.15, -0.1) is 0 Å². The predicted molar refractivity (Wildman–Crippen MR) is 194 cm³/mol. The van der Waals surface area contributed by atoms with Crippen LogP contribution < -0.4 is 20.4 Å². The largest absolute Gasteiger partial charge is 0.497 e. The summed E-state index contributed by atoms with van der Waals surface area (Å²) in [4.78, 5) is 0. The molecule has 1 saturated carbocycles. The van der Waals surface area contributed by atoms with E-state index in [1.165, 1.54) is 75.9 Å². The van der Waals surface area contributed by atoms with Crippen molar-refractivity contribution in [3.8, 4) is 16.9 Å². The zero-order valence-electron chi connectivity index (χ0n) is 25.5. The minimum atomic E-state index is -1.48. The van der Waals surface area contributed by atoms with E-state index in [0.29, 0.717) is 0 Å². The molecule has 3 heteroatoms. The summed E-state index contributed by atoms with van der Waals surface area (Å²) < 4.78 is 5.58. The first kappa shape index (κ1) is 27.8. The fraction of sp³-hybridized carbons (Fsp3) is 0.220. The van der Waals surface area contributed by atoms with E-state index in [-0.39, 0.29) is 0 Å². The molecule has 1 aliphatic heterocycles. The van der Waals surface area contributed by atoms with Crippen molar-refractivity contribution in [1.29, 1.82) is 0 Å². The number of fused-ring (bicyclic) bond motifs is 7. The van der Waals surface area contributed by atoms with Crippen molar-refractivity contribution in [3.05, 3.63) is 132 Å². The lowest BCUT2D eigenvalue weighted by Gasteiger charge is -2.33. The molecule has 0 bridgehead atoms. The molecule has 2 aliphatic rings. The molecule has 1 nitrogen and oxygen atoms in total. The average Bonchev–Trinajstić information content (AvgIpc) is 3.27. The third kappa shape index (κ3) is 4.99. The van der Waals surface area contributed by atoms with Crippen LogP contribution in [0.4, 0.5) is 0 Å². The number of hydrogen-bond donors (Lipinski definition) is 0. The smallest absolute Gasteiger partial charge is 0.118 e. The highest BCUT2D eigenvalue weighted by molar-refractivity contribution is 7.64. The molecular weight excluding hydrogens is 568 g/mol. The monoisotopic (exact) mass is 606 g/mol. The number of benzene rings is 6. The van der Waals surface area contributed by atoms with Crippen LogP contribution >= 0.6 is 7.92 Å². The molecule has 1 heterocycles.